The molecule has 32 heavy (non-hydrogen) atoms. The predicted molar refractivity (Wildman–Crippen MR) is 123 cm³/mol. The first-order valence-electron chi connectivity index (χ1n) is 11.3. The number of nitrogens with zero attached hydrogens (tertiary/aromatic N) is 1. The van der Waals surface area contributed by atoms with E-state index < -0.39 is 5.54 Å². The minimum atomic E-state index is -0.891. The van der Waals surface area contributed by atoms with Gasteiger partial charge in [-0.2, -0.15) is 0 Å². The third kappa shape index (κ3) is 4.51. The number of nitrogens with one attached hydrogen (secondary N) is 1. The normalized spacial score (nSPS) is 21.3. The van der Waals surface area contributed by atoms with E-state index in [0.717, 1.165) is 38.0 Å². The molecule has 0 bridgehead atoms. The minimum Gasteiger partial charge on any atom is -0.493 e. The van der Waals surface area contributed by atoms with E-state index in [9.17, 15) is 9.59 Å². The molecule has 0 aromatic heterocycles. The maximum atomic E-state index is 13.6. The van der Waals surface area contributed by atoms with Gasteiger partial charge in [0.15, 0.2) is 17.3 Å². The molecule has 170 valence electrons. The van der Waals surface area contributed by atoms with Gasteiger partial charge in [0.25, 0.3) is 0 Å². The number of Topliss-reactive ketones (excluding diaryl/α,β-unsaturated/α-hetero) is 1. The lowest BCUT2D eigenvalue weighted by Crippen LogP contribution is -2.54. The van der Waals surface area contributed by atoms with Crippen molar-refractivity contribution in [2.75, 3.05) is 27.3 Å². The van der Waals surface area contributed by atoms with Crippen LogP contribution in [-0.4, -0.2) is 49.4 Å². The average molecular weight is 437 g/mol. The molecule has 1 atom stereocenters. The summed E-state index contributed by atoms with van der Waals surface area (Å²) in [6, 6.07) is 14.1. The summed E-state index contributed by atoms with van der Waals surface area (Å²) in [7, 11) is 3.15. The molecule has 6 heteroatoms. The Hall–Kier alpha value is -2.86. The molecule has 0 spiro atoms. The zero-order valence-electron chi connectivity index (χ0n) is 19.1. The number of carbonyl (C=O) groups excluding carboxylic acids is 2. The lowest BCUT2D eigenvalue weighted by molar-refractivity contribution is -0.120. The Balaban J connectivity index is 1.48. The number of fused-ring (bicyclic) bond motifs is 1. The van der Waals surface area contributed by atoms with E-state index in [2.05, 4.69) is 34.5 Å². The molecular weight excluding hydrogens is 404 g/mol. The number of hydrogen-bond donors (Lipinski definition) is 1. The first kappa shape index (κ1) is 22.3. The molecule has 1 amide bonds. The first-order chi connectivity index (χ1) is 15.4. The fourth-order valence-electron chi connectivity index (χ4n) is 5.28. The molecule has 1 heterocycles. The number of rotatable bonds is 7. The van der Waals surface area contributed by atoms with Gasteiger partial charge in [-0.15, -0.1) is 0 Å². The highest BCUT2D eigenvalue weighted by molar-refractivity contribution is 6.09. The van der Waals surface area contributed by atoms with Gasteiger partial charge < -0.3 is 14.8 Å². The van der Waals surface area contributed by atoms with E-state index in [-0.39, 0.29) is 11.7 Å². The number of ether oxygens (including phenoxy) is 2. The maximum Gasteiger partial charge on any atom is 0.217 e. The number of hydrogen-bond acceptors (Lipinski definition) is 5. The van der Waals surface area contributed by atoms with Crippen molar-refractivity contribution in [1.29, 1.82) is 0 Å². The highest BCUT2D eigenvalue weighted by Crippen LogP contribution is 2.41. The second-order valence-corrected chi connectivity index (χ2v) is 9.04. The van der Waals surface area contributed by atoms with Crippen LogP contribution in [-0.2, 0) is 17.8 Å². The van der Waals surface area contributed by atoms with Crippen LogP contribution in [0.5, 0.6) is 11.5 Å². The molecule has 1 aliphatic carbocycles. The fourth-order valence-corrected chi connectivity index (χ4v) is 5.28. The lowest BCUT2D eigenvalue weighted by Gasteiger charge is -2.37. The van der Waals surface area contributed by atoms with Gasteiger partial charge in [-0.1, -0.05) is 30.3 Å². The highest BCUT2D eigenvalue weighted by Gasteiger charge is 2.48. The Morgan fingerprint density at radius 2 is 1.75 bits per heavy atom. The predicted octanol–water partition coefficient (Wildman–Crippen LogP) is 3.62. The van der Waals surface area contributed by atoms with Crippen molar-refractivity contribution in [1.82, 2.24) is 10.2 Å². The van der Waals surface area contributed by atoms with Crippen LogP contribution in [0, 0.1) is 5.92 Å². The molecule has 1 fully saturated rings. The summed E-state index contributed by atoms with van der Waals surface area (Å²) in [4.78, 5) is 28.2. The summed E-state index contributed by atoms with van der Waals surface area (Å²) >= 11 is 0. The molecule has 2 aromatic rings. The molecule has 1 unspecified atom stereocenters. The molecule has 4 rings (SSSR count). The summed E-state index contributed by atoms with van der Waals surface area (Å²) in [5.74, 6) is 1.33. The van der Waals surface area contributed by atoms with Crippen LogP contribution in [0.4, 0.5) is 0 Å². The number of ketones is 1. The van der Waals surface area contributed by atoms with Crippen LogP contribution >= 0.6 is 0 Å². The summed E-state index contributed by atoms with van der Waals surface area (Å²) in [5, 5.41) is 3.04. The van der Waals surface area contributed by atoms with Crippen LogP contribution in [0.25, 0.3) is 0 Å². The highest BCUT2D eigenvalue weighted by atomic mass is 16.5. The van der Waals surface area contributed by atoms with E-state index in [1.807, 2.05) is 12.1 Å². The maximum absolute atomic E-state index is 13.6. The Labute approximate surface area is 189 Å². The number of benzene rings is 2. The molecule has 6 nitrogen and oxygen atoms in total. The Morgan fingerprint density at radius 3 is 2.38 bits per heavy atom. The minimum absolute atomic E-state index is 0.0182. The topological polar surface area (TPSA) is 67.9 Å². The number of likely N-dealkylation sites (tertiary alicyclic amines) is 1. The standard InChI is InChI=1S/C26H32N2O4/c1-18(29)27-26(16-21-13-23(31-2)24(32-3)14-22(21)25(26)30)15-19-9-11-28(12-10-19)17-20-7-5-4-6-8-20/h4-8,13-14,19H,9-12,15-17H2,1-3H3,(H,27,29). The van der Waals surface area contributed by atoms with Crippen LogP contribution in [0.2, 0.25) is 0 Å². The van der Waals surface area contributed by atoms with Gasteiger partial charge >= 0.3 is 0 Å². The van der Waals surface area contributed by atoms with Gasteiger partial charge in [0.1, 0.15) is 5.54 Å². The van der Waals surface area contributed by atoms with Crippen LogP contribution in [0.15, 0.2) is 42.5 Å². The van der Waals surface area contributed by atoms with Gasteiger partial charge in [0, 0.05) is 25.5 Å². The molecule has 1 saturated heterocycles. The van der Waals surface area contributed by atoms with Crippen LogP contribution < -0.4 is 14.8 Å². The molecular formula is C26H32N2O4. The van der Waals surface area contributed by atoms with Crippen molar-refractivity contribution >= 4 is 11.7 Å². The van der Waals surface area contributed by atoms with Crippen molar-refractivity contribution in [2.24, 2.45) is 5.92 Å². The van der Waals surface area contributed by atoms with Crippen LogP contribution in [0.1, 0.15) is 47.7 Å². The molecule has 0 radical (unpaired) electrons. The van der Waals surface area contributed by atoms with Gasteiger partial charge in [-0.05, 0) is 61.5 Å². The van der Waals surface area contributed by atoms with E-state index in [1.54, 1.807) is 20.3 Å². The van der Waals surface area contributed by atoms with Gasteiger partial charge in [0.05, 0.1) is 14.2 Å². The summed E-state index contributed by atoms with van der Waals surface area (Å²) in [5.41, 5.74) is 1.96. The number of methoxy groups -OCH3 is 2. The summed E-state index contributed by atoms with van der Waals surface area (Å²) in [6.07, 6.45) is 3.18. The Bertz CT molecular complexity index is 983. The van der Waals surface area contributed by atoms with Crippen molar-refractivity contribution in [3.8, 4) is 11.5 Å². The monoisotopic (exact) mass is 436 g/mol. The average Bonchev–Trinajstić information content (AvgIpc) is 3.04. The van der Waals surface area contributed by atoms with Crippen molar-refractivity contribution in [2.45, 2.75) is 44.7 Å². The van der Waals surface area contributed by atoms with Gasteiger partial charge in [-0.25, -0.2) is 0 Å². The van der Waals surface area contributed by atoms with Crippen LogP contribution in [0.3, 0.4) is 0 Å². The third-order valence-corrected chi connectivity index (χ3v) is 6.79. The second-order valence-electron chi connectivity index (χ2n) is 9.04. The zero-order valence-corrected chi connectivity index (χ0v) is 19.1. The van der Waals surface area contributed by atoms with E-state index in [1.165, 1.54) is 12.5 Å². The van der Waals surface area contributed by atoms with Crippen molar-refractivity contribution in [3.05, 3.63) is 59.2 Å². The van der Waals surface area contributed by atoms with Gasteiger partial charge in [0.2, 0.25) is 5.91 Å². The lowest BCUT2D eigenvalue weighted by atomic mass is 9.79. The Kier molecular flexibility index (Phi) is 6.51. The fraction of sp³-hybridized carbons (Fsp3) is 0.462. The summed E-state index contributed by atoms with van der Waals surface area (Å²) < 4.78 is 10.8. The second kappa shape index (κ2) is 9.33. The van der Waals surface area contributed by atoms with Crippen molar-refractivity contribution < 1.29 is 19.1 Å². The van der Waals surface area contributed by atoms with E-state index in [4.69, 9.17) is 9.47 Å². The Morgan fingerprint density at radius 1 is 1.09 bits per heavy atom. The number of carbonyl (C=O) groups is 2. The zero-order chi connectivity index (χ0) is 22.7. The summed E-state index contributed by atoms with van der Waals surface area (Å²) in [6.45, 7) is 4.44. The molecule has 0 saturated carbocycles. The van der Waals surface area contributed by atoms with E-state index in [0.29, 0.717) is 35.8 Å². The molecule has 2 aromatic carbocycles. The third-order valence-electron chi connectivity index (χ3n) is 6.79. The van der Waals surface area contributed by atoms with E-state index >= 15 is 0 Å². The first-order valence-corrected chi connectivity index (χ1v) is 11.3. The molecule has 1 aliphatic heterocycles. The largest absolute Gasteiger partial charge is 0.493 e. The SMILES string of the molecule is COc1cc2c(cc1OC)C(=O)C(CC1CCN(Cc3ccccc3)CC1)(NC(C)=O)C2. The van der Waals surface area contributed by atoms with Gasteiger partial charge in [-0.3, -0.25) is 14.5 Å². The quantitative estimate of drug-likeness (QED) is 0.718. The number of amides is 1. The molecule has 2 aliphatic rings. The van der Waals surface area contributed by atoms with Crippen molar-refractivity contribution in [3.63, 3.8) is 0 Å². The number of piperidine rings is 1. The molecule has 1 N–H and O–H groups in total. The smallest absolute Gasteiger partial charge is 0.217 e.